The molecule has 2 aromatic rings. The molecule has 150 valence electrons. The molecule has 1 heterocycles. The maximum absolute atomic E-state index is 10.1. The first kappa shape index (κ1) is 19.6. The highest BCUT2D eigenvalue weighted by Crippen LogP contribution is 2.56. The van der Waals surface area contributed by atoms with Crippen molar-refractivity contribution in [1.82, 2.24) is 4.90 Å². The fourth-order valence-corrected chi connectivity index (χ4v) is 6.15. The molecule has 0 aromatic heterocycles. The van der Waals surface area contributed by atoms with Gasteiger partial charge in [0.1, 0.15) is 18.1 Å². The highest BCUT2D eigenvalue weighted by Gasteiger charge is 2.53. The van der Waals surface area contributed by atoms with Crippen LogP contribution >= 0.6 is 12.4 Å². The monoisotopic (exact) mass is 399 g/mol. The second-order valence-corrected chi connectivity index (χ2v) is 8.57. The zero-order valence-corrected chi connectivity index (χ0v) is 17.2. The Bertz CT molecular complexity index is 812. The standard InChI is InChI=1S/C24H29NO2.ClH/c26-19-10-9-18-16-23-21-8-4-5-11-24(21,22(18)17-19)12-13-25(23)14-15-27-20-6-2-1-3-7-20;/h1-3,6-7,9-10,17,21,23,26H,4-5,8,11-16H2;1H/t21-,23-,24+;/m0./s1. The number of hydrogen-bond donors (Lipinski definition) is 1. The van der Waals surface area contributed by atoms with Gasteiger partial charge in [-0.1, -0.05) is 37.1 Å². The number of nitrogens with zero attached hydrogens (tertiary/aromatic N) is 1. The third-order valence-corrected chi connectivity index (χ3v) is 7.33. The molecule has 3 aliphatic rings. The van der Waals surface area contributed by atoms with Crippen molar-refractivity contribution in [2.45, 2.75) is 50.0 Å². The summed E-state index contributed by atoms with van der Waals surface area (Å²) in [6.45, 7) is 2.90. The van der Waals surface area contributed by atoms with Crippen LogP contribution in [0.1, 0.15) is 43.2 Å². The molecule has 3 atom stereocenters. The molecule has 1 N–H and O–H groups in total. The molecule has 0 spiro atoms. The Balaban J connectivity index is 0.00000192. The fraction of sp³-hybridized carbons (Fsp3) is 0.500. The summed E-state index contributed by atoms with van der Waals surface area (Å²) in [7, 11) is 0. The molecule has 1 saturated carbocycles. The molecule has 3 nitrogen and oxygen atoms in total. The topological polar surface area (TPSA) is 32.7 Å². The van der Waals surface area contributed by atoms with Gasteiger partial charge in [0.15, 0.2) is 0 Å². The van der Waals surface area contributed by atoms with Gasteiger partial charge in [0.25, 0.3) is 0 Å². The van der Waals surface area contributed by atoms with E-state index < -0.39 is 0 Å². The van der Waals surface area contributed by atoms with E-state index in [4.69, 9.17) is 4.74 Å². The van der Waals surface area contributed by atoms with Crippen LogP contribution in [0.2, 0.25) is 0 Å². The summed E-state index contributed by atoms with van der Waals surface area (Å²) in [4.78, 5) is 2.69. The Hall–Kier alpha value is -1.71. The third-order valence-electron chi connectivity index (χ3n) is 7.33. The molecule has 1 aliphatic heterocycles. The molecule has 4 heteroatoms. The van der Waals surface area contributed by atoms with E-state index in [2.05, 4.69) is 17.0 Å². The Labute approximate surface area is 174 Å². The molecule has 1 saturated heterocycles. The van der Waals surface area contributed by atoms with Gasteiger partial charge in [0, 0.05) is 18.0 Å². The molecule has 2 bridgehead atoms. The van der Waals surface area contributed by atoms with E-state index in [-0.39, 0.29) is 12.4 Å². The number of phenols is 1. The van der Waals surface area contributed by atoms with Crippen LogP contribution in [0.4, 0.5) is 0 Å². The normalized spacial score (nSPS) is 28.6. The van der Waals surface area contributed by atoms with Gasteiger partial charge in [0.05, 0.1) is 0 Å². The summed E-state index contributed by atoms with van der Waals surface area (Å²) in [5.41, 5.74) is 3.22. The van der Waals surface area contributed by atoms with E-state index in [1.54, 1.807) is 0 Å². The van der Waals surface area contributed by atoms with Crippen LogP contribution in [0.15, 0.2) is 48.5 Å². The largest absolute Gasteiger partial charge is 0.508 e. The lowest BCUT2D eigenvalue weighted by atomic mass is 9.52. The van der Waals surface area contributed by atoms with Gasteiger partial charge < -0.3 is 9.84 Å². The van der Waals surface area contributed by atoms with Crippen LogP contribution in [0.5, 0.6) is 11.5 Å². The van der Waals surface area contributed by atoms with Gasteiger partial charge in [-0.05, 0) is 73.5 Å². The highest BCUT2D eigenvalue weighted by atomic mass is 35.5. The minimum absolute atomic E-state index is 0. The number of fused-ring (bicyclic) bond motifs is 1. The average molecular weight is 400 g/mol. The first-order valence-electron chi connectivity index (χ1n) is 10.5. The van der Waals surface area contributed by atoms with Gasteiger partial charge in [0.2, 0.25) is 0 Å². The number of ether oxygens (including phenoxy) is 1. The SMILES string of the molecule is Cl.Oc1ccc2c(c1)[C@@]13CCCC[C@H]1[C@H](C2)N(CCOc1ccccc1)CC3. The first-order valence-corrected chi connectivity index (χ1v) is 10.5. The van der Waals surface area contributed by atoms with E-state index in [0.29, 0.717) is 17.2 Å². The van der Waals surface area contributed by atoms with Gasteiger partial charge in [-0.3, -0.25) is 4.90 Å². The van der Waals surface area contributed by atoms with E-state index >= 15 is 0 Å². The van der Waals surface area contributed by atoms with Crippen LogP contribution < -0.4 is 4.74 Å². The molecule has 2 fully saturated rings. The third kappa shape index (κ3) is 3.29. The number of hydrogen-bond acceptors (Lipinski definition) is 3. The Morgan fingerprint density at radius 1 is 1.07 bits per heavy atom. The number of phenolic OH excluding ortho intramolecular Hbond substituents is 1. The van der Waals surface area contributed by atoms with Crippen molar-refractivity contribution in [1.29, 1.82) is 0 Å². The van der Waals surface area contributed by atoms with Gasteiger partial charge in [-0.25, -0.2) is 0 Å². The molecule has 2 aliphatic carbocycles. The smallest absolute Gasteiger partial charge is 0.119 e. The fourth-order valence-electron chi connectivity index (χ4n) is 6.15. The quantitative estimate of drug-likeness (QED) is 0.789. The van der Waals surface area contributed by atoms with E-state index in [1.807, 2.05) is 36.4 Å². The van der Waals surface area contributed by atoms with E-state index in [9.17, 15) is 5.11 Å². The Kier molecular flexibility index (Phi) is 5.57. The van der Waals surface area contributed by atoms with Crippen molar-refractivity contribution in [3.8, 4) is 11.5 Å². The maximum Gasteiger partial charge on any atom is 0.119 e. The minimum atomic E-state index is 0. The van der Waals surface area contributed by atoms with Crippen LogP contribution in [0, 0.1) is 5.92 Å². The Morgan fingerprint density at radius 3 is 2.79 bits per heavy atom. The molecule has 0 unspecified atom stereocenters. The zero-order chi connectivity index (χ0) is 18.3. The molecular formula is C24H30ClNO2. The molecule has 5 rings (SSSR count). The molecule has 0 amide bonds. The predicted octanol–water partition coefficient (Wildman–Crippen LogP) is 4.95. The van der Waals surface area contributed by atoms with Crippen molar-refractivity contribution in [3.05, 3.63) is 59.7 Å². The van der Waals surface area contributed by atoms with Gasteiger partial charge >= 0.3 is 0 Å². The molecule has 2 aromatic carbocycles. The van der Waals surface area contributed by atoms with Crippen molar-refractivity contribution in [2.75, 3.05) is 19.7 Å². The first-order chi connectivity index (χ1) is 13.3. The number of para-hydroxylation sites is 1. The second kappa shape index (κ2) is 7.96. The molecule has 0 radical (unpaired) electrons. The number of benzene rings is 2. The lowest BCUT2D eigenvalue weighted by Gasteiger charge is -2.59. The summed E-state index contributed by atoms with van der Waals surface area (Å²) in [5, 5.41) is 10.1. The summed E-state index contributed by atoms with van der Waals surface area (Å²) >= 11 is 0. The van der Waals surface area contributed by atoms with E-state index in [0.717, 1.165) is 37.8 Å². The van der Waals surface area contributed by atoms with Crippen LogP contribution in [0.25, 0.3) is 0 Å². The number of aromatic hydroxyl groups is 1. The molecular weight excluding hydrogens is 370 g/mol. The maximum atomic E-state index is 10.1. The molecule has 28 heavy (non-hydrogen) atoms. The predicted molar refractivity (Wildman–Crippen MR) is 115 cm³/mol. The lowest BCUT2D eigenvalue weighted by Crippen LogP contribution is -2.61. The van der Waals surface area contributed by atoms with Crippen LogP contribution in [0.3, 0.4) is 0 Å². The summed E-state index contributed by atoms with van der Waals surface area (Å²) < 4.78 is 5.99. The van der Waals surface area contributed by atoms with Crippen LogP contribution in [-0.2, 0) is 11.8 Å². The Morgan fingerprint density at radius 2 is 1.93 bits per heavy atom. The number of piperidine rings is 1. The van der Waals surface area contributed by atoms with Crippen molar-refractivity contribution >= 4 is 12.4 Å². The van der Waals surface area contributed by atoms with Gasteiger partial charge in [-0.2, -0.15) is 0 Å². The van der Waals surface area contributed by atoms with E-state index in [1.165, 1.54) is 43.2 Å². The lowest BCUT2D eigenvalue weighted by molar-refractivity contribution is -0.0162. The highest BCUT2D eigenvalue weighted by molar-refractivity contribution is 5.85. The summed E-state index contributed by atoms with van der Waals surface area (Å²) in [6, 6.07) is 16.9. The zero-order valence-electron chi connectivity index (χ0n) is 16.3. The summed E-state index contributed by atoms with van der Waals surface area (Å²) in [5.74, 6) is 2.13. The van der Waals surface area contributed by atoms with Crippen molar-refractivity contribution in [3.63, 3.8) is 0 Å². The number of likely N-dealkylation sites (tertiary alicyclic amines) is 1. The van der Waals surface area contributed by atoms with Crippen LogP contribution in [-0.4, -0.2) is 35.7 Å². The number of halogens is 1. The van der Waals surface area contributed by atoms with Crippen molar-refractivity contribution < 1.29 is 9.84 Å². The second-order valence-electron chi connectivity index (χ2n) is 8.57. The summed E-state index contributed by atoms with van der Waals surface area (Å²) in [6.07, 6.45) is 7.64. The minimum Gasteiger partial charge on any atom is -0.508 e. The average Bonchev–Trinajstić information content (AvgIpc) is 2.71. The van der Waals surface area contributed by atoms with Gasteiger partial charge in [-0.15, -0.1) is 12.4 Å². The number of rotatable bonds is 4. The van der Waals surface area contributed by atoms with Crippen molar-refractivity contribution in [2.24, 2.45) is 5.92 Å².